The lowest BCUT2D eigenvalue weighted by molar-refractivity contribution is 0.0307. The van der Waals surface area contributed by atoms with Gasteiger partial charge in [0.15, 0.2) is 16.6 Å². The quantitative estimate of drug-likeness (QED) is 0.140. The standard InChI is InChI=1S/C39H74O4Si4/c1-28(17-20-35(42-46(11,12)13)29(2)27-40-44(5,6)7)32-18-19-33-37-34(22-24-39(32,33)4)38(3)23-21-31(41-45(8,9)10)25-30(38)26-36(37)43-47(14,15)16/h26,28,31-34H,17-25,27H2,1-16H3/b35-29-/t28-,31+,32-,33?,34?,38+,39-/m1/s1. The van der Waals surface area contributed by atoms with Crippen molar-refractivity contribution in [3.8, 4) is 0 Å². The Labute approximate surface area is 295 Å². The van der Waals surface area contributed by atoms with Crippen molar-refractivity contribution in [3.05, 3.63) is 34.3 Å². The molecule has 0 amide bonds. The van der Waals surface area contributed by atoms with Gasteiger partial charge in [-0.1, -0.05) is 26.3 Å². The summed E-state index contributed by atoms with van der Waals surface area (Å²) in [6.45, 7) is 38.7. The molecule has 0 aliphatic heterocycles. The topological polar surface area (TPSA) is 36.9 Å². The average molecular weight is 719 g/mol. The number of hydrogen-bond acceptors (Lipinski definition) is 4. The molecule has 4 rings (SSSR count). The maximum Gasteiger partial charge on any atom is 0.242 e. The van der Waals surface area contributed by atoms with E-state index in [1.807, 2.05) is 0 Å². The van der Waals surface area contributed by atoms with Crippen molar-refractivity contribution in [2.75, 3.05) is 6.61 Å². The molecular weight excluding hydrogens is 645 g/mol. The fraction of sp³-hybridized carbons (Fsp3) is 0.846. The van der Waals surface area contributed by atoms with Gasteiger partial charge in [-0.15, -0.1) is 0 Å². The van der Waals surface area contributed by atoms with Crippen LogP contribution in [0.15, 0.2) is 34.3 Å². The molecule has 8 heteroatoms. The smallest absolute Gasteiger partial charge is 0.242 e. The largest absolute Gasteiger partial charge is 0.547 e. The molecule has 0 aromatic carbocycles. The van der Waals surface area contributed by atoms with E-state index in [0.717, 1.165) is 18.8 Å². The van der Waals surface area contributed by atoms with Crippen LogP contribution in [0.2, 0.25) is 78.6 Å². The van der Waals surface area contributed by atoms with Gasteiger partial charge < -0.3 is 17.7 Å². The van der Waals surface area contributed by atoms with E-state index in [1.54, 1.807) is 11.1 Å². The fourth-order valence-electron chi connectivity index (χ4n) is 9.70. The number of allylic oxidation sites excluding steroid dienone is 3. The molecule has 4 nitrogen and oxygen atoms in total. The minimum atomic E-state index is -1.79. The summed E-state index contributed by atoms with van der Waals surface area (Å²) in [6.07, 6.45) is 14.0. The minimum absolute atomic E-state index is 0.245. The molecule has 0 N–H and O–H groups in total. The summed E-state index contributed by atoms with van der Waals surface area (Å²) in [5.41, 5.74) is 5.22. The zero-order valence-corrected chi connectivity index (χ0v) is 37.7. The Morgan fingerprint density at radius 1 is 0.809 bits per heavy atom. The maximum atomic E-state index is 7.11. The van der Waals surface area contributed by atoms with Crippen LogP contribution in [0.3, 0.4) is 0 Å². The fourth-order valence-corrected chi connectivity index (χ4v) is 13.4. The first-order valence-corrected chi connectivity index (χ1v) is 32.8. The highest BCUT2D eigenvalue weighted by molar-refractivity contribution is 6.71. The van der Waals surface area contributed by atoms with Gasteiger partial charge in [0.25, 0.3) is 0 Å². The zero-order valence-electron chi connectivity index (χ0n) is 33.7. The molecule has 4 aliphatic carbocycles. The summed E-state index contributed by atoms with van der Waals surface area (Å²) in [6, 6.07) is 0. The van der Waals surface area contributed by atoms with E-state index in [0.29, 0.717) is 35.9 Å². The van der Waals surface area contributed by atoms with E-state index in [1.165, 1.54) is 62.0 Å². The molecule has 3 saturated carbocycles. The third kappa shape index (κ3) is 9.69. The van der Waals surface area contributed by atoms with Gasteiger partial charge in [0.2, 0.25) is 16.6 Å². The predicted molar refractivity (Wildman–Crippen MR) is 212 cm³/mol. The highest BCUT2D eigenvalue weighted by atomic mass is 28.4. The van der Waals surface area contributed by atoms with Crippen LogP contribution in [-0.4, -0.2) is 46.0 Å². The molecule has 0 aromatic rings. The van der Waals surface area contributed by atoms with E-state index < -0.39 is 33.3 Å². The number of rotatable bonds is 13. The average Bonchev–Trinajstić information content (AvgIpc) is 3.24. The van der Waals surface area contributed by atoms with Crippen molar-refractivity contribution in [1.82, 2.24) is 0 Å². The predicted octanol–water partition coefficient (Wildman–Crippen LogP) is 12.3. The Morgan fingerprint density at radius 3 is 2.04 bits per heavy atom. The second-order valence-electron chi connectivity index (χ2n) is 20.4. The Hall–Kier alpha value is -0.392. The second kappa shape index (κ2) is 14.0. The van der Waals surface area contributed by atoms with Gasteiger partial charge in [-0.2, -0.15) is 0 Å². The summed E-state index contributed by atoms with van der Waals surface area (Å²) in [5, 5.41) is 0. The Balaban J connectivity index is 1.61. The van der Waals surface area contributed by atoms with Crippen LogP contribution < -0.4 is 0 Å². The summed E-state index contributed by atoms with van der Waals surface area (Å²) in [5.74, 6) is 5.14. The normalized spacial score (nSPS) is 33.0. The van der Waals surface area contributed by atoms with E-state index >= 15 is 0 Å². The molecule has 270 valence electrons. The first-order chi connectivity index (χ1) is 21.3. The Kier molecular flexibility index (Phi) is 11.7. The molecule has 0 spiro atoms. The molecular formula is C39H74O4Si4. The van der Waals surface area contributed by atoms with E-state index in [-0.39, 0.29) is 5.41 Å². The third-order valence-corrected chi connectivity index (χ3v) is 15.5. The molecule has 0 radical (unpaired) electrons. The second-order valence-corrected chi connectivity index (χ2v) is 38.2. The van der Waals surface area contributed by atoms with Crippen molar-refractivity contribution < 1.29 is 17.7 Å². The van der Waals surface area contributed by atoms with Crippen LogP contribution in [0, 0.1) is 34.5 Å². The SMILES string of the molecule is C/C(CO[Si](C)(C)C)=C(\CC[C@@H](C)[C@H]1CCC2C3=C(O[Si](C)(C)C)C=C4C[C@@H](O[Si](C)(C)C)CC[C@]4(C)C3CC[C@@]21C)O[Si](C)(C)C. The summed E-state index contributed by atoms with van der Waals surface area (Å²) in [7, 11) is -6.68. The zero-order chi connectivity index (χ0) is 35.4. The lowest BCUT2D eigenvalue weighted by Crippen LogP contribution is -2.48. The van der Waals surface area contributed by atoms with Gasteiger partial charge in [0.05, 0.1) is 12.4 Å². The van der Waals surface area contributed by atoms with Crippen LogP contribution in [0.4, 0.5) is 0 Å². The Morgan fingerprint density at radius 2 is 1.47 bits per heavy atom. The number of fused-ring (bicyclic) bond motifs is 5. The van der Waals surface area contributed by atoms with Gasteiger partial charge in [0.1, 0.15) is 5.76 Å². The summed E-state index contributed by atoms with van der Waals surface area (Å²) in [4.78, 5) is 0. The maximum absolute atomic E-state index is 7.11. The monoisotopic (exact) mass is 718 g/mol. The Bertz CT molecular complexity index is 1230. The van der Waals surface area contributed by atoms with Crippen molar-refractivity contribution in [3.63, 3.8) is 0 Å². The summed E-state index contributed by atoms with van der Waals surface area (Å²) < 4.78 is 26.9. The van der Waals surface area contributed by atoms with Crippen LogP contribution in [0.5, 0.6) is 0 Å². The van der Waals surface area contributed by atoms with Crippen LogP contribution in [-0.2, 0) is 17.7 Å². The van der Waals surface area contributed by atoms with Crippen molar-refractivity contribution in [2.24, 2.45) is 34.5 Å². The van der Waals surface area contributed by atoms with Crippen LogP contribution in [0.1, 0.15) is 85.5 Å². The number of hydrogen-bond donors (Lipinski definition) is 0. The van der Waals surface area contributed by atoms with Gasteiger partial charge in [0, 0.05) is 12.5 Å². The molecule has 0 aromatic heterocycles. The molecule has 3 fully saturated rings. The van der Waals surface area contributed by atoms with Gasteiger partial charge in [-0.05, 0) is 189 Å². The molecule has 7 atom stereocenters. The van der Waals surface area contributed by atoms with E-state index in [2.05, 4.69) is 112 Å². The first-order valence-electron chi connectivity index (χ1n) is 19.1. The van der Waals surface area contributed by atoms with Crippen LogP contribution >= 0.6 is 0 Å². The van der Waals surface area contributed by atoms with Crippen molar-refractivity contribution >= 4 is 33.3 Å². The first kappa shape index (κ1) is 39.4. The van der Waals surface area contributed by atoms with Gasteiger partial charge >= 0.3 is 0 Å². The molecule has 47 heavy (non-hydrogen) atoms. The van der Waals surface area contributed by atoms with Gasteiger partial charge in [-0.25, -0.2) is 0 Å². The van der Waals surface area contributed by atoms with Crippen molar-refractivity contribution in [1.29, 1.82) is 0 Å². The molecule has 2 unspecified atom stereocenters. The summed E-state index contributed by atoms with van der Waals surface area (Å²) >= 11 is 0. The minimum Gasteiger partial charge on any atom is -0.547 e. The third-order valence-electron chi connectivity index (χ3n) is 11.7. The molecule has 0 saturated heterocycles. The van der Waals surface area contributed by atoms with Gasteiger partial charge in [-0.3, -0.25) is 0 Å². The highest BCUT2D eigenvalue weighted by Gasteiger charge is 2.58. The lowest BCUT2D eigenvalue weighted by atomic mass is 9.49. The molecule has 0 heterocycles. The highest BCUT2D eigenvalue weighted by Crippen LogP contribution is 2.67. The lowest BCUT2D eigenvalue weighted by Gasteiger charge is -2.56. The molecule has 4 aliphatic rings. The van der Waals surface area contributed by atoms with Crippen LogP contribution in [0.25, 0.3) is 0 Å². The van der Waals surface area contributed by atoms with Crippen molar-refractivity contribution in [2.45, 2.75) is 170 Å². The molecule has 0 bridgehead atoms. The van der Waals surface area contributed by atoms with E-state index in [4.69, 9.17) is 17.7 Å². The van der Waals surface area contributed by atoms with E-state index in [9.17, 15) is 0 Å².